The van der Waals surface area contributed by atoms with E-state index in [1.54, 1.807) is 0 Å². The minimum atomic E-state index is -0.927. The van der Waals surface area contributed by atoms with Gasteiger partial charge in [-0.15, -0.1) is 0 Å². The van der Waals surface area contributed by atoms with Gasteiger partial charge in [0.25, 0.3) is 0 Å². The molecule has 1 aliphatic heterocycles. The topological polar surface area (TPSA) is 78.9 Å². The highest BCUT2D eigenvalue weighted by Crippen LogP contribution is 2.17. The minimum Gasteiger partial charge on any atom is -0.480 e. The number of hydrogen-bond donors (Lipinski definition) is 2. The molecule has 0 aromatic carbocycles. The van der Waals surface area contributed by atoms with Crippen molar-refractivity contribution in [3.63, 3.8) is 0 Å². The van der Waals surface area contributed by atoms with Crippen LogP contribution in [0.3, 0.4) is 0 Å². The number of hydrogen-bond acceptors (Lipinski definition) is 4. The van der Waals surface area contributed by atoms with E-state index in [1.165, 1.54) is 19.3 Å². The second-order valence-electron chi connectivity index (χ2n) is 6.08. The molecule has 1 saturated heterocycles. The van der Waals surface area contributed by atoms with E-state index in [2.05, 4.69) is 10.2 Å². The molecule has 1 saturated carbocycles. The molecule has 0 atom stereocenters. The number of rotatable bonds is 6. The van der Waals surface area contributed by atoms with E-state index < -0.39 is 5.97 Å². The number of aliphatic carboxylic acids is 1. The fraction of sp³-hybridized carbons (Fsp3) is 0.867. The Balaban J connectivity index is 1.61. The van der Waals surface area contributed by atoms with Crippen LogP contribution in [0.4, 0.5) is 0 Å². The zero-order chi connectivity index (χ0) is 15.1. The van der Waals surface area contributed by atoms with Crippen molar-refractivity contribution in [3.8, 4) is 0 Å². The average molecular weight is 298 g/mol. The first kappa shape index (κ1) is 16.2. The average Bonchev–Trinajstić information content (AvgIpc) is 2.47. The van der Waals surface area contributed by atoms with Gasteiger partial charge in [-0.1, -0.05) is 19.3 Å². The van der Waals surface area contributed by atoms with Gasteiger partial charge in [-0.2, -0.15) is 0 Å². The van der Waals surface area contributed by atoms with Crippen LogP contribution in [-0.2, 0) is 14.3 Å². The van der Waals surface area contributed by atoms with Gasteiger partial charge in [-0.25, -0.2) is 4.79 Å². The molecule has 6 heteroatoms. The lowest BCUT2D eigenvalue weighted by Gasteiger charge is -2.31. The maximum atomic E-state index is 12.0. The quantitative estimate of drug-likeness (QED) is 0.765. The Morgan fingerprint density at radius 1 is 1.10 bits per heavy atom. The normalized spacial score (nSPS) is 22.1. The lowest BCUT2D eigenvalue weighted by Crippen LogP contribution is -2.46. The second kappa shape index (κ2) is 8.34. The number of amides is 1. The molecule has 2 rings (SSSR count). The van der Waals surface area contributed by atoms with Crippen molar-refractivity contribution in [2.75, 3.05) is 26.2 Å². The summed E-state index contributed by atoms with van der Waals surface area (Å²) in [5, 5.41) is 11.7. The highest BCUT2D eigenvalue weighted by atomic mass is 16.5. The van der Waals surface area contributed by atoms with E-state index in [0.717, 1.165) is 38.8 Å². The molecule has 0 unspecified atom stereocenters. The maximum Gasteiger partial charge on any atom is 0.329 e. The van der Waals surface area contributed by atoms with Crippen molar-refractivity contribution < 1.29 is 19.4 Å². The van der Waals surface area contributed by atoms with Crippen LogP contribution in [0.15, 0.2) is 0 Å². The number of piperidine rings is 1. The number of carboxylic acid groups (broad SMARTS) is 1. The van der Waals surface area contributed by atoms with E-state index in [1.807, 2.05) is 0 Å². The smallest absolute Gasteiger partial charge is 0.329 e. The molecule has 2 fully saturated rings. The summed E-state index contributed by atoms with van der Waals surface area (Å²) in [5.74, 6) is -0.809. The van der Waals surface area contributed by atoms with Gasteiger partial charge < -0.3 is 15.2 Å². The van der Waals surface area contributed by atoms with Crippen LogP contribution < -0.4 is 5.32 Å². The van der Waals surface area contributed by atoms with Crippen molar-refractivity contribution in [2.24, 2.45) is 0 Å². The molecule has 0 radical (unpaired) electrons. The molecular formula is C15H26N2O4. The Morgan fingerprint density at radius 3 is 2.38 bits per heavy atom. The predicted octanol–water partition coefficient (Wildman–Crippen LogP) is 1.00. The van der Waals surface area contributed by atoms with Crippen LogP contribution in [0.25, 0.3) is 0 Å². The van der Waals surface area contributed by atoms with Gasteiger partial charge in [0, 0.05) is 19.1 Å². The standard InChI is InChI=1S/C15H26N2O4/c18-14(16-12-4-2-1-3-5-12)10-17-8-6-13(7-9-17)21-11-15(19)20/h12-13H,1-11H2,(H,16,18)(H,19,20). The summed E-state index contributed by atoms with van der Waals surface area (Å²) >= 11 is 0. The fourth-order valence-corrected chi connectivity index (χ4v) is 3.15. The fourth-order valence-electron chi connectivity index (χ4n) is 3.15. The van der Waals surface area contributed by atoms with Crippen LogP contribution in [-0.4, -0.2) is 60.3 Å². The van der Waals surface area contributed by atoms with Gasteiger partial charge in [0.15, 0.2) is 0 Å². The molecule has 0 aromatic rings. The summed E-state index contributed by atoms with van der Waals surface area (Å²) in [5.41, 5.74) is 0. The summed E-state index contributed by atoms with van der Waals surface area (Å²) in [7, 11) is 0. The van der Waals surface area contributed by atoms with Gasteiger partial charge in [-0.05, 0) is 25.7 Å². The van der Waals surface area contributed by atoms with Gasteiger partial charge in [0.1, 0.15) is 6.61 Å². The SMILES string of the molecule is O=C(O)COC1CCN(CC(=O)NC2CCCCC2)CC1. The van der Waals surface area contributed by atoms with Crippen LogP contribution in [0, 0.1) is 0 Å². The predicted molar refractivity (Wildman–Crippen MR) is 78.1 cm³/mol. The van der Waals surface area contributed by atoms with E-state index in [-0.39, 0.29) is 18.6 Å². The molecule has 0 aromatic heterocycles. The maximum absolute atomic E-state index is 12.0. The molecular weight excluding hydrogens is 272 g/mol. The van der Waals surface area contributed by atoms with Crippen LogP contribution in [0.1, 0.15) is 44.9 Å². The van der Waals surface area contributed by atoms with Crippen LogP contribution in [0.5, 0.6) is 0 Å². The third-order valence-electron chi connectivity index (χ3n) is 4.31. The zero-order valence-corrected chi connectivity index (χ0v) is 12.6. The van der Waals surface area contributed by atoms with Crippen LogP contribution in [0.2, 0.25) is 0 Å². The molecule has 120 valence electrons. The summed E-state index contributed by atoms with van der Waals surface area (Å²) in [6.07, 6.45) is 7.55. The molecule has 0 spiro atoms. The molecule has 1 amide bonds. The lowest BCUT2D eigenvalue weighted by atomic mass is 9.95. The Bertz CT molecular complexity index is 348. The van der Waals surface area contributed by atoms with E-state index in [9.17, 15) is 9.59 Å². The van der Waals surface area contributed by atoms with E-state index in [0.29, 0.717) is 12.6 Å². The molecule has 0 bridgehead atoms. The summed E-state index contributed by atoms with van der Waals surface area (Å²) < 4.78 is 5.29. The van der Waals surface area contributed by atoms with Crippen molar-refractivity contribution in [1.29, 1.82) is 0 Å². The summed E-state index contributed by atoms with van der Waals surface area (Å²) in [6.45, 7) is 1.81. The van der Waals surface area contributed by atoms with Crippen LogP contribution >= 0.6 is 0 Å². The Kier molecular flexibility index (Phi) is 6.45. The number of nitrogens with one attached hydrogen (secondary N) is 1. The number of carbonyl (C=O) groups is 2. The third kappa shape index (κ3) is 6.01. The Morgan fingerprint density at radius 2 is 1.76 bits per heavy atom. The van der Waals surface area contributed by atoms with E-state index >= 15 is 0 Å². The number of ether oxygens (including phenoxy) is 1. The Hall–Kier alpha value is -1.14. The Labute approximate surface area is 125 Å². The molecule has 6 nitrogen and oxygen atoms in total. The third-order valence-corrected chi connectivity index (χ3v) is 4.31. The monoisotopic (exact) mass is 298 g/mol. The number of nitrogens with zero attached hydrogens (tertiary/aromatic N) is 1. The molecule has 21 heavy (non-hydrogen) atoms. The summed E-state index contributed by atoms with van der Waals surface area (Å²) in [4.78, 5) is 24.6. The highest BCUT2D eigenvalue weighted by molar-refractivity contribution is 5.78. The molecule has 2 aliphatic rings. The first-order valence-corrected chi connectivity index (χ1v) is 7.98. The minimum absolute atomic E-state index is 0.0127. The summed E-state index contributed by atoms with van der Waals surface area (Å²) in [6, 6.07) is 0.364. The number of likely N-dealkylation sites (tertiary alicyclic amines) is 1. The first-order valence-electron chi connectivity index (χ1n) is 7.98. The number of carboxylic acids is 1. The van der Waals surface area contributed by atoms with Crippen molar-refractivity contribution >= 4 is 11.9 Å². The number of carbonyl (C=O) groups excluding carboxylic acids is 1. The lowest BCUT2D eigenvalue weighted by molar-refractivity contribution is -0.145. The highest BCUT2D eigenvalue weighted by Gasteiger charge is 2.23. The largest absolute Gasteiger partial charge is 0.480 e. The van der Waals surface area contributed by atoms with Crippen molar-refractivity contribution in [1.82, 2.24) is 10.2 Å². The van der Waals surface area contributed by atoms with Crippen molar-refractivity contribution in [2.45, 2.75) is 57.1 Å². The second-order valence-corrected chi connectivity index (χ2v) is 6.08. The zero-order valence-electron chi connectivity index (χ0n) is 12.6. The van der Waals surface area contributed by atoms with Gasteiger partial charge in [0.2, 0.25) is 5.91 Å². The molecule has 1 heterocycles. The van der Waals surface area contributed by atoms with Gasteiger partial charge in [-0.3, -0.25) is 9.69 Å². The molecule has 2 N–H and O–H groups in total. The van der Waals surface area contributed by atoms with Gasteiger partial charge >= 0.3 is 5.97 Å². The van der Waals surface area contributed by atoms with Gasteiger partial charge in [0.05, 0.1) is 12.6 Å². The van der Waals surface area contributed by atoms with Crippen molar-refractivity contribution in [3.05, 3.63) is 0 Å². The first-order chi connectivity index (χ1) is 10.1. The van der Waals surface area contributed by atoms with E-state index in [4.69, 9.17) is 9.84 Å². The molecule has 1 aliphatic carbocycles.